The smallest absolute Gasteiger partial charge is 0.323 e. The molecule has 0 bridgehead atoms. The number of esters is 2. The van der Waals surface area contributed by atoms with E-state index in [1.807, 2.05) is 30.3 Å². The maximum atomic E-state index is 11.7. The standard InChI is InChI=1S/C16H21NO5/c1-11(2)15(17)16(20)22-13(9-18)8-14(19)21-10-12-6-4-3-5-7-12/h3-7,9,11,13,15H,8,10,17H2,1-2H3/t13?,15-/m0/s1. The molecule has 120 valence electrons. The average molecular weight is 307 g/mol. The molecule has 0 aliphatic rings. The van der Waals surface area contributed by atoms with Crippen LogP contribution in [0.3, 0.4) is 0 Å². The molecular formula is C16H21NO5. The number of ether oxygens (including phenoxy) is 2. The van der Waals surface area contributed by atoms with Crippen molar-refractivity contribution >= 4 is 18.2 Å². The molecule has 6 heteroatoms. The maximum Gasteiger partial charge on any atom is 0.323 e. The lowest BCUT2D eigenvalue weighted by Crippen LogP contribution is -2.39. The Hall–Kier alpha value is -2.21. The van der Waals surface area contributed by atoms with E-state index in [1.165, 1.54) is 0 Å². The van der Waals surface area contributed by atoms with Crippen molar-refractivity contribution in [2.75, 3.05) is 0 Å². The Labute approximate surface area is 129 Å². The Bertz CT molecular complexity index is 501. The van der Waals surface area contributed by atoms with Crippen LogP contribution in [-0.2, 0) is 30.5 Å². The van der Waals surface area contributed by atoms with Crippen molar-refractivity contribution in [3.05, 3.63) is 35.9 Å². The summed E-state index contributed by atoms with van der Waals surface area (Å²) in [6.45, 7) is 3.62. The van der Waals surface area contributed by atoms with Gasteiger partial charge in [-0.3, -0.25) is 14.4 Å². The predicted molar refractivity (Wildman–Crippen MR) is 79.6 cm³/mol. The maximum absolute atomic E-state index is 11.7. The quantitative estimate of drug-likeness (QED) is 0.573. The highest BCUT2D eigenvalue weighted by molar-refractivity contribution is 5.80. The summed E-state index contributed by atoms with van der Waals surface area (Å²) >= 11 is 0. The summed E-state index contributed by atoms with van der Waals surface area (Å²) in [6.07, 6.45) is -1.11. The van der Waals surface area contributed by atoms with Crippen LogP contribution in [0.2, 0.25) is 0 Å². The van der Waals surface area contributed by atoms with Gasteiger partial charge in [-0.05, 0) is 11.5 Å². The van der Waals surface area contributed by atoms with Crippen LogP contribution >= 0.6 is 0 Å². The molecule has 2 N–H and O–H groups in total. The molecule has 0 spiro atoms. The summed E-state index contributed by atoms with van der Waals surface area (Å²) in [7, 11) is 0. The number of aldehydes is 1. The van der Waals surface area contributed by atoms with Crippen molar-refractivity contribution < 1.29 is 23.9 Å². The van der Waals surface area contributed by atoms with Gasteiger partial charge >= 0.3 is 11.9 Å². The zero-order chi connectivity index (χ0) is 16.5. The highest BCUT2D eigenvalue weighted by Gasteiger charge is 2.24. The van der Waals surface area contributed by atoms with Gasteiger partial charge in [0.1, 0.15) is 12.6 Å². The summed E-state index contributed by atoms with van der Waals surface area (Å²) < 4.78 is 9.94. The first-order chi connectivity index (χ1) is 10.4. The van der Waals surface area contributed by atoms with E-state index < -0.39 is 24.1 Å². The van der Waals surface area contributed by atoms with Crippen LogP contribution in [0.5, 0.6) is 0 Å². The number of rotatable bonds is 8. The van der Waals surface area contributed by atoms with Gasteiger partial charge < -0.3 is 15.2 Å². The topological polar surface area (TPSA) is 95.7 Å². The molecule has 1 aromatic rings. The zero-order valence-electron chi connectivity index (χ0n) is 12.7. The lowest BCUT2D eigenvalue weighted by molar-refractivity contribution is -0.159. The molecule has 0 amide bonds. The molecule has 2 atom stereocenters. The van der Waals surface area contributed by atoms with E-state index in [0.717, 1.165) is 5.56 Å². The van der Waals surface area contributed by atoms with Crippen LogP contribution in [0.25, 0.3) is 0 Å². The lowest BCUT2D eigenvalue weighted by Gasteiger charge is -2.17. The van der Waals surface area contributed by atoms with Crippen molar-refractivity contribution in [2.45, 2.75) is 39.0 Å². The highest BCUT2D eigenvalue weighted by Crippen LogP contribution is 2.07. The van der Waals surface area contributed by atoms with Gasteiger partial charge in [0.2, 0.25) is 0 Å². The largest absolute Gasteiger partial charge is 0.461 e. The number of hydrogen-bond acceptors (Lipinski definition) is 6. The van der Waals surface area contributed by atoms with E-state index in [9.17, 15) is 14.4 Å². The van der Waals surface area contributed by atoms with Crippen molar-refractivity contribution in [3.63, 3.8) is 0 Å². The minimum atomic E-state index is -1.18. The van der Waals surface area contributed by atoms with E-state index in [4.69, 9.17) is 15.2 Å². The molecular weight excluding hydrogens is 286 g/mol. The number of nitrogens with two attached hydrogens (primary N) is 1. The van der Waals surface area contributed by atoms with Gasteiger partial charge in [-0.2, -0.15) is 0 Å². The molecule has 0 aliphatic carbocycles. The van der Waals surface area contributed by atoms with Gasteiger partial charge in [0.25, 0.3) is 0 Å². The van der Waals surface area contributed by atoms with E-state index in [2.05, 4.69) is 0 Å². The first-order valence-corrected chi connectivity index (χ1v) is 7.05. The van der Waals surface area contributed by atoms with Crippen LogP contribution in [0.15, 0.2) is 30.3 Å². The summed E-state index contributed by atoms with van der Waals surface area (Å²) in [5, 5.41) is 0. The molecule has 0 radical (unpaired) electrons. The number of hydrogen-bond donors (Lipinski definition) is 1. The second-order valence-electron chi connectivity index (χ2n) is 5.23. The fourth-order valence-corrected chi connectivity index (χ4v) is 1.58. The van der Waals surface area contributed by atoms with Gasteiger partial charge in [-0.25, -0.2) is 0 Å². The highest BCUT2D eigenvalue weighted by atomic mass is 16.6. The fraction of sp³-hybridized carbons (Fsp3) is 0.438. The minimum Gasteiger partial charge on any atom is -0.461 e. The summed E-state index contributed by atoms with van der Waals surface area (Å²) in [6, 6.07) is 8.30. The van der Waals surface area contributed by atoms with Crippen molar-refractivity contribution in [1.82, 2.24) is 0 Å². The second-order valence-corrected chi connectivity index (χ2v) is 5.23. The third-order valence-corrected chi connectivity index (χ3v) is 3.02. The zero-order valence-corrected chi connectivity index (χ0v) is 12.7. The van der Waals surface area contributed by atoms with Gasteiger partial charge in [0.05, 0.1) is 6.42 Å². The van der Waals surface area contributed by atoms with E-state index in [1.54, 1.807) is 13.8 Å². The van der Waals surface area contributed by atoms with Crippen molar-refractivity contribution in [3.8, 4) is 0 Å². The first kappa shape index (κ1) is 17.8. The van der Waals surface area contributed by atoms with Crippen molar-refractivity contribution in [1.29, 1.82) is 0 Å². The fourth-order valence-electron chi connectivity index (χ4n) is 1.58. The first-order valence-electron chi connectivity index (χ1n) is 7.05. The van der Waals surface area contributed by atoms with Gasteiger partial charge in [0.15, 0.2) is 12.4 Å². The van der Waals surface area contributed by atoms with Gasteiger partial charge in [-0.15, -0.1) is 0 Å². The normalized spacial score (nSPS) is 13.3. The van der Waals surface area contributed by atoms with Crippen LogP contribution in [0, 0.1) is 5.92 Å². The molecule has 0 aromatic heterocycles. The monoisotopic (exact) mass is 307 g/mol. The molecule has 0 saturated heterocycles. The minimum absolute atomic E-state index is 0.102. The van der Waals surface area contributed by atoms with Crippen LogP contribution in [-0.4, -0.2) is 30.4 Å². The Morgan fingerprint density at radius 2 is 1.86 bits per heavy atom. The molecule has 1 aromatic carbocycles. The Morgan fingerprint density at radius 1 is 1.23 bits per heavy atom. The molecule has 0 heterocycles. The number of benzene rings is 1. The average Bonchev–Trinajstić information content (AvgIpc) is 2.52. The SMILES string of the molecule is CC(C)[C@H](N)C(=O)OC(C=O)CC(=O)OCc1ccccc1. The molecule has 0 saturated carbocycles. The van der Waals surface area contributed by atoms with E-state index in [-0.39, 0.29) is 18.9 Å². The Kier molecular flexibility index (Phi) is 7.25. The summed E-state index contributed by atoms with van der Waals surface area (Å²) in [5.74, 6) is -1.44. The summed E-state index contributed by atoms with van der Waals surface area (Å²) in [5.41, 5.74) is 6.45. The van der Waals surface area contributed by atoms with Crippen LogP contribution in [0.1, 0.15) is 25.8 Å². The second kappa shape index (κ2) is 8.94. The van der Waals surface area contributed by atoms with Crippen LogP contribution in [0.4, 0.5) is 0 Å². The Balaban J connectivity index is 2.43. The third kappa shape index (κ3) is 6.05. The number of carbonyl (C=O) groups excluding carboxylic acids is 3. The molecule has 1 unspecified atom stereocenters. The van der Waals surface area contributed by atoms with Gasteiger partial charge in [-0.1, -0.05) is 44.2 Å². The van der Waals surface area contributed by atoms with E-state index in [0.29, 0.717) is 6.29 Å². The summed E-state index contributed by atoms with van der Waals surface area (Å²) in [4.78, 5) is 34.2. The molecule has 6 nitrogen and oxygen atoms in total. The van der Waals surface area contributed by atoms with Gasteiger partial charge in [0, 0.05) is 0 Å². The number of carbonyl (C=O) groups is 3. The molecule has 1 rings (SSSR count). The lowest BCUT2D eigenvalue weighted by atomic mass is 10.1. The third-order valence-electron chi connectivity index (χ3n) is 3.02. The Morgan fingerprint density at radius 3 is 2.41 bits per heavy atom. The molecule has 0 fully saturated rings. The van der Waals surface area contributed by atoms with Crippen LogP contribution < -0.4 is 5.73 Å². The van der Waals surface area contributed by atoms with Crippen molar-refractivity contribution in [2.24, 2.45) is 11.7 Å². The predicted octanol–water partition coefficient (Wildman–Crippen LogP) is 1.21. The molecule has 0 aliphatic heterocycles. The van der Waals surface area contributed by atoms with E-state index >= 15 is 0 Å². The molecule has 22 heavy (non-hydrogen) atoms.